The van der Waals surface area contributed by atoms with Gasteiger partial charge in [-0.1, -0.05) is 12.1 Å². The van der Waals surface area contributed by atoms with Crippen LogP contribution in [-0.2, 0) is 16.0 Å². The van der Waals surface area contributed by atoms with E-state index in [4.69, 9.17) is 14.2 Å². The molecular weight excluding hydrogens is 400 g/mol. The molecule has 2 aromatic carbocycles. The molecule has 0 bridgehead atoms. The van der Waals surface area contributed by atoms with Gasteiger partial charge in [0.05, 0.1) is 19.8 Å². The van der Waals surface area contributed by atoms with E-state index in [1.165, 1.54) is 0 Å². The Morgan fingerprint density at radius 3 is 2.45 bits per heavy atom. The van der Waals surface area contributed by atoms with Crippen LogP contribution in [0.15, 0.2) is 42.5 Å². The average molecular weight is 424 g/mol. The van der Waals surface area contributed by atoms with Crippen molar-refractivity contribution in [1.29, 1.82) is 0 Å². The Kier molecular flexibility index (Phi) is 7.21. The molecule has 0 spiro atoms. The number of methoxy groups -OCH3 is 2. The summed E-state index contributed by atoms with van der Waals surface area (Å²) in [5, 5.41) is 9.38. The number of amides is 1. The molecule has 2 N–H and O–H groups in total. The normalized spacial score (nSPS) is 10.4. The molecule has 0 aliphatic heterocycles. The van der Waals surface area contributed by atoms with Crippen molar-refractivity contribution in [2.45, 2.75) is 19.8 Å². The number of benzene rings is 2. The lowest BCUT2D eigenvalue weighted by atomic mass is 10.1. The van der Waals surface area contributed by atoms with Crippen LogP contribution >= 0.6 is 0 Å². The number of hydrogen-bond donors (Lipinski definition) is 2. The number of Topliss-reactive ketones (excluding diaryl/α,β-unsaturated/α-hetero) is 1. The van der Waals surface area contributed by atoms with E-state index in [9.17, 15) is 9.59 Å². The van der Waals surface area contributed by atoms with Gasteiger partial charge < -0.3 is 19.0 Å². The van der Waals surface area contributed by atoms with Crippen molar-refractivity contribution in [3.8, 4) is 28.6 Å². The largest absolute Gasteiger partial charge is 0.497 e. The van der Waals surface area contributed by atoms with Gasteiger partial charge in [0.25, 0.3) is 5.91 Å². The van der Waals surface area contributed by atoms with Gasteiger partial charge in [-0.2, -0.15) is 4.98 Å². The highest BCUT2D eigenvalue weighted by molar-refractivity contribution is 5.90. The van der Waals surface area contributed by atoms with E-state index >= 15 is 0 Å². The minimum absolute atomic E-state index is 0.126. The van der Waals surface area contributed by atoms with Crippen LogP contribution in [0.25, 0.3) is 11.4 Å². The number of H-pyrrole nitrogens is 1. The Morgan fingerprint density at radius 1 is 1.03 bits per heavy atom. The third kappa shape index (κ3) is 6.05. The lowest BCUT2D eigenvalue weighted by molar-refractivity contribution is -0.118. The van der Waals surface area contributed by atoms with Crippen molar-refractivity contribution in [2.24, 2.45) is 0 Å². The van der Waals surface area contributed by atoms with Crippen LogP contribution in [0.1, 0.15) is 18.9 Å². The van der Waals surface area contributed by atoms with Crippen LogP contribution in [0, 0.1) is 0 Å². The number of carbonyl (C=O) groups excluding carboxylic acids is 2. The van der Waals surface area contributed by atoms with Crippen LogP contribution in [0.3, 0.4) is 0 Å². The summed E-state index contributed by atoms with van der Waals surface area (Å²) < 4.78 is 16.0. The van der Waals surface area contributed by atoms with E-state index in [1.54, 1.807) is 51.5 Å². The van der Waals surface area contributed by atoms with Crippen molar-refractivity contribution >= 4 is 17.6 Å². The summed E-state index contributed by atoms with van der Waals surface area (Å²) in [6.07, 6.45) is 1.19. The van der Waals surface area contributed by atoms with Crippen molar-refractivity contribution in [2.75, 3.05) is 26.1 Å². The molecule has 0 saturated heterocycles. The first-order valence-electron chi connectivity index (χ1n) is 9.64. The fourth-order valence-electron chi connectivity index (χ4n) is 2.81. The van der Waals surface area contributed by atoms with Gasteiger partial charge in [-0.25, -0.2) is 0 Å². The third-order valence-corrected chi connectivity index (χ3v) is 4.46. The summed E-state index contributed by atoms with van der Waals surface area (Å²) in [4.78, 5) is 27.5. The van der Waals surface area contributed by atoms with Gasteiger partial charge >= 0.3 is 0 Å². The minimum atomic E-state index is -0.395. The number of nitrogens with one attached hydrogen (secondary N) is 2. The van der Waals surface area contributed by atoms with Crippen LogP contribution in [0.2, 0.25) is 0 Å². The Labute approximate surface area is 179 Å². The van der Waals surface area contributed by atoms with Gasteiger partial charge in [-0.05, 0) is 43.2 Å². The van der Waals surface area contributed by atoms with E-state index in [1.807, 2.05) is 12.1 Å². The maximum atomic E-state index is 12.2. The smallest absolute Gasteiger partial charge is 0.264 e. The number of aromatic amines is 1. The highest BCUT2D eigenvalue weighted by Gasteiger charge is 2.14. The molecule has 0 atom stereocenters. The molecule has 0 radical (unpaired) electrons. The van der Waals surface area contributed by atoms with Crippen molar-refractivity contribution in [3.63, 3.8) is 0 Å². The lowest BCUT2D eigenvalue weighted by Gasteiger charge is -2.08. The summed E-state index contributed by atoms with van der Waals surface area (Å²) in [6, 6.07) is 12.6. The highest BCUT2D eigenvalue weighted by atomic mass is 16.5. The van der Waals surface area contributed by atoms with E-state index < -0.39 is 5.91 Å². The first-order chi connectivity index (χ1) is 15.0. The number of anilines is 1. The van der Waals surface area contributed by atoms with E-state index in [-0.39, 0.29) is 18.3 Å². The number of hydrogen-bond acceptors (Lipinski definition) is 7. The standard InChI is InChI=1S/C22H24N4O5/c1-14(27)4-5-15-6-8-16(9-7-15)31-13-20(28)23-22-24-21(25-26-22)18-11-10-17(29-2)12-19(18)30-3/h6-12H,4-5,13H2,1-3H3,(H2,23,24,25,26,28). The summed E-state index contributed by atoms with van der Waals surface area (Å²) >= 11 is 0. The van der Waals surface area contributed by atoms with E-state index in [0.717, 1.165) is 5.56 Å². The van der Waals surface area contributed by atoms with Gasteiger partial charge in [-0.15, -0.1) is 5.10 Å². The topological polar surface area (TPSA) is 115 Å². The Bertz CT molecular complexity index is 1050. The molecule has 0 aliphatic rings. The molecule has 0 fully saturated rings. The van der Waals surface area contributed by atoms with Crippen molar-refractivity contribution < 1.29 is 23.8 Å². The fourth-order valence-corrected chi connectivity index (χ4v) is 2.81. The predicted molar refractivity (Wildman–Crippen MR) is 114 cm³/mol. The Hall–Kier alpha value is -3.88. The molecule has 162 valence electrons. The molecule has 3 rings (SSSR count). The van der Waals surface area contributed by atoms with Crippen LogP contribution in [0.5, 0.6) is 17.2 Å². The number of ketones is 1. The average Bonchev–Trinajstić information content (AvgIpc) is 3.24. The number of aryl methyl sites for hydroxylation is 1. The number of ether oxygens (including phenoxy) is 3. The molecule has 0 aliphatic carbocycles. The number of carbonyl (C=O) groups is 2. The van der Waals surface area contributed by atoms with Crippen molar-refractivity contribution in [1.82, 2.24) is 15.2 Å². The highest BCUT2D eigenvalue weighted by Crippen LogP contribution is 2.31. The first-order valence-corrected chi connectivity index (χ1v) is 9.64. The third-order valence-electron chi connectivity index (χ3n) is 4.46. The molecule has 1 heterocycles. The number of rotatable bonds is 10. The second-order valence-corrected chi connectivity index (χ2v) is 6.76. The molecule has 9 nitrogen and oxygen atoms in total. The van der Waals surface area contributed by atoms with Crippen LogP contribution in [0.4, 0.5) is 5.95 Å². The van der Waals surface area contributed by atoms with Gasteiger partial charge in [0.1, 0.15) is 23.0 Å². The van der Waals surface area contributed by atoms with Crippen molar-refractivity contribution in [3.05, 3.63) is 48.0 Å². The second kappa shape index (κ2) is 10.2. The maximum absolute atomic E-state index is 12.2. The molecule has 3 aromatic rings. The zero-order chi connectivity index (χ0) is 22.2. The van der Waals surface area contributed by atoms with E-state index in [2.05, 4.69) is 20.5 Å². The van der Waals surface area contributed by atoms with Gasteiger partial charge in [0.2, 0.25) is 5.95 Å². The molecule has 31 heavy (non-hydrogen) atoms. The molecular formula is C22H24N4O5. The summed E-state index contributed by atoms with van der Waals surface area (Å²) in [5.41, 5.74) is 1.71. The summed E-state index contributed by atoms with van der Waals surface area (Å²) in [7, 11) is 3.12. The Balaban J connectivity index is 1.55. The molecule has 1 aromatic heterocycles. The van der Waals surface area contributed by atoms with Gasteiger partial charge in [0, 0.05) is 12.5 Å². The number of nitrogens with zero attached hydrogens (tertiary/aromatic N) is 2. The number of aromatic nitrogens is 3. The molecule has 1 amide bonds. The van der Waals surface area contributed by atoms with Crippen LogP contribution < -0.4 is 19.5 Å². The molecule has 0 saturated carbocycles. The van der Waals surface area contributed by atoms with Crippen LogP contribution in [-0.4, -0.2) is 47.7 Å². The predicted octanol–water partition coefficient (Wildman–Crippen LogP) is 3.03. The summed E-state index contributed by atoms with van der Waals surface area (Å²) in [5.74, 6) is 2.09. The zero-order valence-corrected chi connectivity index (χ0v) is 17.6. The monoisotopic (exact) mass is 424 g/mol. The van der Waals surface area contributed by atoms with E-state index in [0.29, 0.717) is 41.5 Å². The van der Waals surface area contributed by atoms with Gasteiger partial charge in [-0.3, -0.25) is 15.2 Å². The lowest BCUT2D eigenvalue weighted by Crippen LogP contribution is -2.20. The maximum Gasteiger partial charge on any atom is 0.264 e. The first kappa shape index (κ1) is 21.8. The Morgan fingerprint density at radius 2 is 1.77 bits per heavy atom. The SMILES string of the molecule is COc1ccc(-c2nc(NC(=O)COc3ccc(CCC(C)=O)cc3)n[nH]2)c(OC)c1. The second-order valence-electron chi connectivity index (χ2n) is 6.76. The molecule has 0 unspecified atom stereocenters. The van der Waals surface area contributed by atoms with Gasteiger partial charge in [0.15, 0.2) is 12.4 Å². The fraction of sp³-hybridized carbons (Fsp3) is 0.273. The quantitative estimate of drug-likeness (QED) is 0.514. The minimum Gasteiger partial charge on any atom is -0.497 e. The summed E-state index contributed by atoms with van der Waals surface area (Å²) in [6.45, 7) is 1.38. The molecule has 9 heteroatoms. The zero-order valence-electron chi connectivity index (χ0n) is 17.6.